The SMILES string of the molecule is CN=C(NCCN1C(=O)CNC1=O)NC1CC(C)(C)Oc2ccccc21.I. The highest BCUT2D eigenvalue weighted by Gasteiger charge is 2.34. The van der Waals surface area contributed by atoms with Gasteiger partial charge in [0.2, 0.25) is 5.91 Å². The number of benzene rings is 1. The van der Waals surface area contributed by atoms with E-state index in [0.717, 1.165) is 17.7 Å². The molecule has 148 valence electrons. The van der Waals surface area contributed by atoms with Crippen molar-refractivity contribution in [1.82, 2.24) is 20.9 Å². The van der Waals surface area contributed by atoms with Crippen molar-refractivity contribution >= 4 is 41.9 Å². The molecule has 1 aromatic rings. The summed E-state index contributed by atoms with van der Waals surface area (Å²) in [5, 5.41) is 9.09. The van der Waals surface area contributed by atoms with Gasteiger partial charge >= 0.3 is 6.03 Å². The quantitative estimate of drug-likeness (QED) is 0.260. The van der Waals surface area contributed by atoms with Gasteiger partial charge in [-0.3, -0.25) is 14.7 Å². The summed E-state index contributed by atoms with van der Waals surface area (Å²) >= 11 is 0. The molecule has 2 aliphatic heterocycles. The van der Waals surface area contributed by atoms with Crippen molar-refractivity contribution in [3.8, 4) is 5.75 Å². The molecule has 27 heavy (non-hydrogen) atoms. The molecular formula is C18H26IN5O3. The number of nitrogens with zero attached hydrogens (tertiary/aromatic N) is 2. The van der Waals surface area contributed by atoms with Gasteiger partial charge < -0.3 is 20.7 Å². The molecule has 1 saturated heterocycles. The average molecular weight is 487 g/mol. The summed E-state index contributed by atoms with van der Waals surface area (Å²) in [5.41, 5.74) is 0.800. The van der Waals surface area contributed by atoms with Crippen LogP contribution in [0.4, 0.5) is 4.79 Å². The fraction of sp³-hybridized carbons (Fsp3) is 0.500. The number of para-hydroxylation sites is 1. The predicted octanol–water partition coefficient (Wildman–Crippen LogP) is 1.62. The van der Waals surface area contributed by atoms with E-state index in [2.05, 4.69) is 34.8 Å². The van der Waals surface area contributed by atoms with Crippen molar-refractivity contribution in [2.45, 2.75) is 31.9 Å². The predicted molar refractivity (Wildman–Crippen MR) is 114 cm³/mol. The first-order valence-electron chi connectivity index (χ1n) is 8.73. The Morgan fingerprint density at radius 1 is 1.37 bits per heavy atom. The van der Waals surface area contributed by atoms with E-state index in [0.29, 0.717) is 19.0 Å². The van der Waals surface area contributed by atoms with Crippen LogP contribution in [0.5, 0.6) is 5.75 Å². The number of imide groups is 1. The molecule has 1 unspecified atom stereocenters. The van der Waals surface area contributed by atoms with E-state index in [1.165, 1.54) is 4.90 Å². The van der Waals surface area contributed by atoms with Gasteiger partial charge in [0.25, 0.3) is 0 Å². The number of ether oxygens (including phenoxy) is 1. The Labute approximate surface area is 176 Å². The molecule has 0 aromatic heterocycles. The number of carbonyl (C=O) groups is 2. The van der Waals surface area contributed by atoms with E-state index in [-0.39, 0.29) is 54.1 Å². The molecule has 9 heteroatoms. The first kappa shape index (κ1) is 21.3. The minimum absolute atomic E-state index is 0. The van der Waals surface area contributed by atoms with Gasteiger partial charge in [-0.05, 0) is 19.9 Å². The molecule has 2 heterocycles. The van der Waals surface area contributed by atoms with Gasteiger partial charge in [-0.25, -0.2) is 4.79 Å². The molecular weight excluding hydrogens is 461 g/mol. The maximum Gasteiger partial charge on any atom is 0.324 e. The van der Waals surface area contributed by atoms with Crippen molar-refractivity contribution in [1.29, 1.82) is 0 Å². The number of halogens is 1. The largest absolute Gasteiger partial charge is 0.487 e. The number of fused-ring (bicyclic) bond motifs is 1. The lowest BCUT2D eigenvalue weighted by atomic mass is 9.90. The van der Waals surface area contributed by atoms with Crippen molar-refractivity contribution in [2.24, 2.45) is 4.99 Å². The zero-order valence-electron chi connectivity index (χ0n) is 15.7. The van der Waals surface area contributed by atoms with Crippen LogP contribution in [-0.2, 0) is 4.79 Å². The van der Waals surface area contributed by atoms with Gasteiger partial charge in [0.05, 0.1) is 12.6 Å². The van der Waals surface area contributed by atoms with Crippen LogP contribution < -0.4 is 20.7 Å². The number of aliphatic imine (C=N–C) groups is 1. The Hall–Kier alpha value is -2.04. The number of hydrogen-bond acceptors (Lipinski definition) is 4. The molecule has 3 amide bonds. The molecule has 0 aliphatic carbocycles. The fourth-order valence-corrected chi connectivity index (χ4v) is 3.26. The summed E-state index contributed by atoms with van der Waals surface area (Å²) in [5.74, 6) is 1.28. The third-order valence-corrected chi connectivity index (χ3v) is 4.48. The van der Waals surface area contributed by atoms with Crippen molar-refractivity contribution < 1.29 is 14.3 Å². The number of nitrogens with one attached hydrogen (secondary N) is 3. The molecule has 1 fully saturated rings. The van der Waals surface area contributed by atoms with Gasteiger partial charge in [-0.15, -0.1) is 24.0 Å². The second kappa shape index (κ2) is 8.77. The zero-order valence-corrected chi connectivity index (χ0v) is 18.1. The first-order valence-corrected chi connectivity index (χ1v) is 8.73. The topological polar surface area (TPSA) is 95.1 Å². The molecule has 0 saturated carbocycles. The molecule has 3 N–H and O–H groups in total. The van der Waals surface area contributed by atoms with E-state index in [9.17, 15) is 9.59 Å². The van der Waals surface area contributed by atoms with Gasteiger partial charge in [0.1, 0.15) is 11.4 Å². The fourth-order valence-electron chi connectivity index (χ4n) is 3.26. The lowest BCUT2D eigenvalue weighted by Gasteiger charge is -2.38. The maximum atomic E-state index is 11.6. The Kier molecular flexibility index (Phi) is 6.90. The number of rotatable bonds is 4. The summed E-state index contributed by atoms with van der Waals surface area (Å²) in [7, 11) is 1.69. The molecule has 0 spiro atoms. The standard InChI is InChI=1S/C18H25N5O3.HI/c1-18(2)10-13(12-6-4-5-7-14(12)26-18)22-16(19-3)20-8-9-23-15(24)11-21-17(23)25;/h4-7,13H,8-11H2,1-3H3,(H,21,25)(H2,19,20,22);1H. The lowest BCUT2D eigenvalue weighted by molar-refractivity contribution is -0.124. The van der Waals surface area contributed by atoms with E-state index < -0.39 is 0 Å². The first-order chi connectivity index (χ1) is 12.4. The van der Waals surface area contributed by atoms with Crippen molar-refractivity contribution in [2.75, 3.05) is 26.7 Å². The third-order valence-electron chi connectivity index (χ3n) is 4.48. The lowest BCUT2D eigenvalue weighted by Crippen LogP contribution is -2.47. The van der Waals surface area contributed by atoms with Gasteiger partial charge in [0.15, 0.2) is 5.96 Å². The highest BCUT2D eigenvalue weighted by atomic mass is 127. The monoisotopic (exact) mass is 487 g/mol. The highest BCUT2D eigenvalue weighted by molar-refractivity contribution is 14.0. The van der Waals surface area contributed by atoms with E-state index >= 15 is 0 Å². The average Bonchev–Trinajstić information content (AvgIpc) is 2.91. The number of amides is 3. The van der Waals surface area contributed by atoms with Crippen molar-refractivity contribution in [3.63, 3.8) is 0 Å². The summed E-state index contributed by atoms with van der Waals surface area (Å²) in [6, 6.07) is 7.67. The maximum absolute atomic E-state index is 11.6. The molecule has 8 nitrogen and oxygen atoms in total. The van der Waals surface area contributed by atoms with Crippen LogP contribution in [0.3, 0.4) is 0 Å². The van der Waals surface area contributed by atoms with Gasteiger partial charge in [-0.2, -0.15) is 0 Å². The highest BCUT2D eigenvalue weighted by Crippen LogP contribution is 2.39. The van der Waals surface area contributed by atoms with Crippen LogP contribution >= 0.6 is 24.0 Å². The minimum Gasteiger partial charge on any atom is -0.487 e. The Balaban J connectivity index is 0.00000261. The van der Waals surface area contributed by atoms with E-state index in [4.69, 9.17) is 4.74 Å². The van der Waals surface area contributed by atoms with Crippen LogP contribution in [-0.4, -0.2) is 55.1 Å². The van der Waals surface area contributed by atoms with E-state index in [1.807, 2.05) is 24.3 Å². The van der Waals surface area contributed by atoms with Crippen LogP contribution in [0.25, 0.3) is 0 Å². The zero-order chi connectivity index (χ0) is 18.7. The molecule has 1 aromatic carbocycles. The number of guanidine groups is 1. The number of hydrogen-bond donors (Lipinski definition) is 3. The van der Waals surface area contributed by atoms with Crippen molar-refractivity contribution in [3.05, 3.63) is 29.8 Å². The third kappa shape index (κ3) is 5.02. The van der Waals surface area contributed by atoms with Crippen LogP contribution in [0.1, 0.15) is 31.9 Å². The number of carbonyl (C=O) groups excluding carboxylic acids is 2. The van der Waals surface area contributed by atoms with E-state index in [1.54, 1.807) is 7.05 Å². The Morgan fingerprint density at radius 3 is 2.78 bits per heavy atom. The second-order valence-corrected chi connectivity index (χ2v) is 7.00. The smallest absolute Gasteiger partial charge is 0.324 e. The Bertz CT molecular complexity index is 721. The molecule has 2 aliphatic rings. The van der Waals surface area contributed by atoms with Crippen LogP contribution in [0.15, 0.2) is 29.3 Å². The second-order valence-electron chi connectivity index (χ2n) is 7.00. The molecule has 1 atom stereocenters. The van der Waals surface area contributed by atoms with Gasteiger partial charge in [0, 0.05) is 32.1 Å². The minimum atomic E-state index is -0.347. The molecule has 0 bridgehead atoms. The van der Waals surface area contributed by atoms with Crippen LogP contribution in [0.2, 0.25) is 0 Å². The summed E-state index contributed by atoms with van der Waals surface area (Å²) in [6.07, 6.45) is 0.789. The number of urea groups is 1. The van der Waals surface area contributed by atoms with Gasteiger partial charge in [-0.1, -0.05) is 18.2 Å². The summed E-state index contributed by atoms with van der Waals surface area (Å²) in [4.78, 5) is 28.6. The molecule has 3 rings (SSSR count). The summed E-state index contributed by atoms with van der Waals surface area (Å²) in [6.45, 7) is 4.91. The normalized spacial score (nSPS) is 20.9. The summed E-state index contributed by atoms with van der Waals surface area (Å²) < 4.78 is 6.05. The van der Waals surface area contributed by atoms with Crippen LogP contribution in [0, 0.1) is 0 Å². The Morgan fingerprint density at radius 2 is 2.11 bits per heavy atom. The molecule has 0 radical (unpaired) electrons.